The third-order valence-electron chi connectivity index (χ3n) is 3.63. The number of pyridine rings is 1. The molecule has 0 aliphatic heterocycles. The van der Waals surface area contributed by atoms with Crippen molar-refractivity contribution in [3.8, 4) is 5.88 Å². The van der Waals surface area contributed by atoms with E-state index in [0.717, 1.165) is 19.3 Å². The number of nitrogens with zero attached hydrogens (tertiary/aromatic N) is 1. The quantitative estimate of drug-likeness (QED) is 0.864. The van der Waals surface area contributed by atoms with Gasteiger partial charge < -0.3 is 10.1 Å². The van der Waals surface area contributed by atoms with E-state index in [4.69, 9.17) is 16.3 Å². The highest BCUT2D eigenvalue weighted by Crippen LogP contribution is 2.26. The van der Waals surface area contributed by atoms with E-state index in [1.807, 2.05) is 0 Å². The summed E-state index contributed by atoms with van der Waals surface area (Å²) in [7, 11) is 1.52. The van der Waals surface area contributed by atoms with E-state index in [9.17, 15) is 4.79 Å². The molecule has 0 aromatic carbocycles. The van der Waals surface area contributed by atoms with Gasteiger partial charge in [0.15, 0.2) is 0 Å². The molecule has 1 aliphatic carbocycles. The number of halogens is 1. The summed E-state index contributed by atoms with van der Waals surface area (Å²) < 4.78 is 5.11. The summed E-state index contributed by atoms with van der Waals surface area (Å²) in [6.45, 7) is 0. The van der Waals surface area contributed by atoms with Crippen molar-refractivity contribution in [1.82, 2.24) is 10.3 Å². The molecule has 1 saturated carbocycles. The van der Waals surface area contributed by atoms with Crippen LogP contribution in [0.25, 0.3) is 0 Å². The summed E-state index contributed by atoms with van der Waals surface area (Å²) in [5.41, 5.74) is 0.476. The maximum Gasteiger partial charge on any atom is 0.256 e. The van der Waals surface area contributed by atoms with E-state index in [0.29, 0.717) is 23.2 Å². The Morgan fingerprint density at radius 3 is 3.05 bits per heavy atom. The third-order valence-corrected chi connectivity index (χ3v) is 4.03. The molecule has 1 amide bonds. The van der Waals surface area contributed by atoms with Crippen LogP contribution >= 0.6 is 11.6 Å². The van der Waals surface area contributed by atoms with Crippen molar-refractivity contribution in [1.29, 1.82) is 0 Å². The molecule has 1 N–H and O–H groups in total. The minimum Gasteiger partial charge on any atom is -0.480 e. The van der Waals surface area contributed by atoms with Crippen molar-refractivity contribution >= 4 is 17.5 Å². The maximum atomic E-state index is 12.3. The highest BCUT2D eigenvalue weighted by Gasteiger charge is 2.26. The molecule has 0 radical (unpaired) electrons. The molecule has 0 saturated heterocycles. The van der Waals surface area contributed by atoms with E-state index in [1.54, 1.807) is 18.3 Å². The molecule has 0 spiro atoms. The monoisotopic (exact) mass is 282 g/mol. The smallest absolute Gasteiger partial charge is 0.256 e. The van der Waals surface area contributed by atoms with Gasteiger partial charge in [-0.2, -0.15) is 0 Å². The first kappa shape index (κ1) is 14.1. The second-order valence-electron chi connectivity index (χ2n) is 4.84. The van der Waals surface area contributed by atoms with E-state index < -0.39 is 0 Å². The van der Waals surface area contributed by atoms with E-state index in [2.05, 4.69) is 10.3 Å². The number of alkyl halides is 1. The molecule has 5 heteroatoms. The van der Waals surface area contributed by atoms with Gasteiger partial charge in [-0.3, -0.25) is 4.79 Å². The van der Waals surface area contributed by atoms with Crippen LogP contribution in [0.1, 0.15) is 36.0 Å². The molecule has 4 nitrogen and oxygen atoms in total. The summed E-state index contributed by atoms with van der Waals surface area (Å²) >= 11 is 5.97. The Morgan fingerprint density at radius 2 is 2.32 bits per heavy atom. The van der Waals surface area contributed by atoms with Crippen LogP contribution in [0.2, 0.25) is 0 Å². The lowest BCUT2D eigenvalue weighted by molar-refractivity contribution is 0.0907. The molecule has 2 unspecified atom stereocenters. The molecule has 19 heavy (non-hydrogen) atoms. The van der Waals surface area contributed by atoms with E-state index in [1.165, 1.54) is 13.5 Å². The zero-order chi connectivity index (χ0) is 13.7. The Morgan fingerprint density at radius 1 is 1.53 bits per heavy atom. The zero-order valence-electron chi connectivity index (χ0n) is 11.1. The topological polar surface area (TPSA) is 51.2 Å². The van der Waals surface area contributed by atoms with Gasteiger partial charge in [-0.05, 0) is 30.9 Å². The van der Waals surface area contributed by atoms with Crippen molar-refractivity contribution in [3.05, 3.63) is 23.9 Å². The van der Waals surface area contributed by atoms with Crippen molar-refractivity contribution in [3.63, 3.8) is 0 Å². The number of methoxy groups -OCH3 is 1. The SMILES string of the molecule is COc1ncccc1C(=O)NC1CCCCC1CCl. The molecule has 1 aliphatic rings. The van der Waals surface area contributed by atoms with Crippen LogP contribution in [0.4, 0.5) is 0 Å². The van der Waals surface area contributed by atoms with Crippen LogP contribution in [0, 0.1) is 5.92 Å². The first-order valence-electron chi connectivity index (χ1n) is 6.62. The van der Waals surface area contributed by atoms with Gasteiger partial charge in [0.2, 0.25) is 5.88 Å². The lowest BCUT2D eigenvalue weighted by Crippen LogP contribution is -2.42. The summed E-state index contributed by atoms with van der Waals surface area (Å²) in [6.07, 6.45) is 6.02. The van der Waals surface area contributed by atoms with Crippen LogP contribution in [-0.4, -0.2) is 29.9 Å². The van der Waals surface area contributed by atoms with Crippen LogP contribution in [0.3, 0.4) is 0 Å². The van der Waals surface area contributed by atoms with Crippen molar-refractivity contribution in [2.45, 2.75) is 31.7 Å². The van der Waals surface area contributed by atoms with Gasteiger partial charge in [-0.15, -0.1) is 11.6 Å². The Kier molecular flexibility index (Phi) is 5.02. The standard InChI is InChI=1S/C14H19ClN2O2/c1-19-14-11(6-4-8-16-14)13(18)17-12-7-3-2-5-10(12)9-15/h4,6,8,10,12H,2-3,5,7,9H2,1H3,(H,17,18). The fourth-order valence-electron chi connectivity index (χ4n) is 2.55. The van der Waals surface area contributed by atoms with Crippen molar-refractivity contribution in [2.24, 2.45) is 5.92 Å². The fraction of sp³-hybridized carbons (Fsp3) is 0.571. The number of rotatable bonds is 4. The number of hydrogen-bond donors (Lipinski definition) is 1. The molecule has 1 heterocycles. The average Bonchev–Trinajstić information content (AvgIpc) is 2.47. The van der Waals surface area contributed by atoms with Gasteiger partial charge in [0.25, 0.3) is 5.91 Å². The minimum absolute atomic E-state index is 0.132. The normalized spacial score (nSPS) is 22.8. The molecular weight excluding hydrogens is 264 g/mol. The number of amides is 1. The molecule has 2 atom stereocenters. The predicted molar refractivity (Wildman–Crippen MR) is 74.7 cm³/mol. The van der Waals surface area contributed by atoms with Crippen LogP contribution in [0.5, 0.6) is 5.88 Å². The second kappa shape index (κ2) is 6.75. The third kappa shape index (κ3) is 3.38. The van der Waals surface area contributed by atoms with Gasteiger partial charge in [0, 0.05) is 18.1 Å². The van der Waals surface area contributed by atoms with Crippen molar-refractivity contribution < 1.29 is 9.53 Å². The largest absolute Gasteiger partial charge is 0.480 e. The zero-order valence-corrected chi connectivity index (χ0v) is 11.8. The number of aromatic nitrogens is 1. The average molecular weight is 283 g/mol. The first-order valence-corrected chi connectivity index (χ1v) is 7.15. The second-order valence-corrected chi connectivity index (χ2v) is 5.15. The lowest BCUT2D eigenvalue weighted by Gasteiger charge is -2.30. The summed E-state index contributed by atoms with van der Waals surface area (Å²) in [4.78, 5) is 16.3. The Bertz CT molecular complexity index is 439. The molecule has 1 aromatic heterocycles. The number of carbonyl (C=O) groups is 1. The minimum atomic E-state index is -0.132. The number of carbonyl (C=O) groups excluding carboxylic acids is 1. The Balaban J connectivity index is 2.07. The van der Waals surface area contributed by atoms with E-state index >= 15 is 0 Å². The highest BCUT2D eigenvalue weighted by atomic mass is 35.5. The molecule has 104 valence electrons. The molecule has 2 rings (SSSR count). The number of nitrogens with one attached hydrogen (secondary N) is 1. The molecule has 1 aromatic rings. The fourth-order valence-corrected chi connectivity index (χ4v) is 2.92. The van der Waals surface area contributed by atoms with Gasteiger partial charge in [0.1, 0.15) is 5.56 Å². The summed E-state index contributed by atoms with van der Waals surface area (Å²) in [6, 6.07) is 3.61. The number of hydrogen-bond acceptors (Lipinski definition) is 3. The van der Waals surface area contributed by atoms with Crippen LogP contribution < -0.4 is 10.1 Å². The van der Waals surface area contributed by atoms with E-state index in [-0.39, 0.29) is 11.9 Å². The summed E-state index contributed by atoms with van der Waals surface area (Å²) in [5.74, 6) is 1.18. The molecule has 0 bridgehead atoms. The lowest BCUT2D eigenvalue weighted by atomic mass is 9.85. The van der Waals surface area contributed by atoms with Crippen LogP contribution in [-0.2, 0) is 0 Å². The molecular formula is C14H19ClN2O2. The highest BCUT2D eigenvalue weighted by molar-refractivity contribution is 6.18. The van der Waals surface area contributed by atoms with Gasteiger partial charge in [-0.1, -0.05) is 12.8 Å². The van der Waals surface area contributed by atoms with Gasteiger partial charge in [0.05, 0.1) is 7.11 Å². The Hall–Kier alpha value is -1.29. The van der Waals surface area contributed by atoms with Crippen molar-refractivity contribution in [2.75, 3.05) is 13.0 Å². The Labute approximate surface area is 118 Å². The molecule has 1 fully saturated rings. The maximum absolute atomic E-state index is 12.3. The van der Waals surface area contributed by atoms with Gasteiger partial charge >= 0.3 is 0 Å². The number of ether oxygens (including phenoxy) is 1. The first-order chi connectivity index (χ1) is 9.26. The summed E-state index contributed by atoms with van der Waals surface area (Å²) in [5, 5.41) is 3.07. The van der Waals surface area contributed by atoms with Crippen LogP contribution in [0.15, 0.2) is 18.3 Å². The predicted octanol–water partition coefficient (Wildman–Crippen LogP) is 2.62. The van der Waals surface area contributed by atoms with Gasteiger partial charge in [-0.25, -0.2) is 4.98 Å².